The van der Waals surface area contributed by atoms with Gasteiger partial charge in [-0.1, -0.05) is 193 Å². The summed E-state index contributed by atoms with van der Waals surface area (Å²) in [7, 11) is -5.07. The van der Waals surface area contributed by atoms with E-state index in [0.717, 1.165) is 51.4 Å². The summed E-state index contributed by atoms with van der Waals surface area (Å²) in [6, 6.07) is -0.856. The molecule has 1 aliphatic rings. The van der Waals surface area contributed by atoms with E-state index in [0.29, 0.717) is 12.8 Å². The second-order valence-electron chi connectivity index (χ2n) is 17.4. The zero-order valence-electron chi connectivity index (χ0n) is 38.0. The Morgan fingerprint density at radius 1 is 0.650 bits per heavy atom. The molecule has 0 radical (unpaired) electrons. The van der Waals surface area contributed by atoms with Crippen LogP contribution in [0.5, 0.6) is 0 Å². The van der Waals surface area contributed by atoms with Crippen LogP contribution >= 0.6 is 0 Å². The molecule has 13 heteroatoms. The maximum Gasteiger partial charge on any atom is 0.397 e. The Kier molecular flexibility index (Phi) is 36.3. The van der Waals surface area contributed by atoms with Crippen molar-refractivity contribution in [1.82, 2.24) is 5.32 Å². The summed E-state index contributed by atoms with van der Waals surface area (Å²) in [5.41, 5.74) is 0. The molecule has 60 heavy (non-hydrogen) atoms. The summed E-state index contributed by atoms with van der Waals surface area (Å²) in [5.74, 6) is -0.233. The molecule has 1 rings (SSSR count). The number of allylic oxidation sites excluding steroid dienone is 2. The van der Waals surface area contributed by atoms with Gasteiger partial charge in [-0.2, -0.15) is 8.42 Å². The predicted molar refractivity (Wildman–Crippen MR) is 241 cm³/mol. The van der Waals surface area contributed by atoms with E-state index >= 15 is 0 Å². The highest BCUT2D eigenvalue weighted by Gasteiger charge is 2.48. The molecule has 0 bridgehead atoms. The third-order valence-electron chi connectivity index (χ3n) is 11.8. The van der Waals surface area contributed by atoms with Crippen LogP contribution in [0.3, 0.4) is 0 Å². The van der Waals surface area contributed by atoms with Crippen LogP contribution in [-0.4, -0.2) is 95.4 Å². The van der Waals surface area contributed by atoms with Gasteiger partial charge in [0.05, 0.1) is 25.4 Å². The fourth-order valence-electron chi connectivity index (χ4n) is 7.98. The molecule has 6 N–H and O–H groups in total. The number of aliphatic hydroxyl groups is 4. The lowest BCUT2D eigenvalue weighted by molar-refractivity contribution is -0.298. The SMILES string of the molecule is CCCCCCCCCCC/C=C\CCCCCCCCCC(=O)NC(COC1OC(CO)C(O)C(OS(=O)(=O)O)C1O)C(O)CCCCCCCCCCCCCCC. The zero-order chi connectivity index (χ0) is 44.1. The van der Waals surface area contributed by atoms with Crippen molar-refractivity contribution in [2.24, 2.45) is 0 Å². The molecule has 1 heterocycles. The van der Waals surface area contributed by atoms with Crippen LogP contribution in [0.1, 0.15) is 226 Å². The average molecular weight is 878 g/mol. The lowest BCUT2D eigenvalue weighted by atomic mass is 9.99. The summed E-state index contributed by atoms with van der Waals surface area (Å²) in [6.07, 6.45) is 33.5. The molecule has 1 aliphatic heterocycles. The molecule has 0 aliphatic carbocycles. The molecule has 7 atom stereocenters. The van der Waals surface area contributed by atoms with Crippen LogP contribution in [0, 0.1) is 0 Å². The van der Waals surface area contributed by atoms with Crippen molar-refractivity contribution < 1.29 is 51.8 Å². The number of ether oxygens (including phenoxy) is 2. The third kappa shape index (κ3) is 30.8. The molecule has 1 amide bonds. The van der Waals surface area contributed by atoms with Gasteiger partial charge >= 0.3 is 10.4 Å². The second kappa shape index (κ2) is 38.3. The van der Waals surface area contributed by atoms with Gasteiger partial charge in [0.1, 0.15) is 24.4 Å². The molecule has 0 aromatic rings. The first-order valence-electron chi connectivity index (χ1n) is 24.6. The quantitative estimate of drug-likeness (QED) is 0.0194. The van der Waals surface area contributed by atoms with Crippen LogP contribution in [0.4, 0.5) is 0 Å². The molecule has 0 spiro atoms. The van der Waals surface area contributed by atoms with E-state index < -0.39 is 59.9 Å². The van der Waals surface area contributed by atoms with Crippen molar-refractivity contribution in [1.29, 1.82) is 0 Å². The van der Waals surface area contributed by atoms with E-state index in [1.165, 1.54) is 141 Å². The van der Waals surface area contributed by atoms with Gasteiger partial charge in [-0.15, -0.1) is 0 Å². The first-order chi connectivity index (χ1) is 29.0. The Hall–Kier alpha value is -1.16. The fourth-order valence-corrected chi connectivity index (χ4v) is 8.49. The Balaban J connectivity index is 2.44. The van der Waals surface area contributed by atoms with E-state index in [1.807, 2.05) is 0 Å². The van der Waals surface area contributed by atoms with Gasteiger partial charge in [-0.25, -0.2) is 4.18 Å². The molecular weight excluding hydrogens is 787 g/mol. The second-order valence-corrected chi connectivity index (χ2v) is 18.5. The minimum Gasteiger partial charge on any atom is -0.394 e. The average Bonchev–Trinajstić information content (AvgIpc) is 3.22. The van der Waals surface area contributed by atoms with E-state index in [9.17, 15) is 38.2 Å². The van der Waals surface area contributed by atoms with Crippen LogP contribution < -0.4 is 5.32 Å². The highest BCUT2D eigenvalue weighted by Crippen LogP contribution is 2.26. The zero-order valence-corrected chi connectivity index (χ0v) is 38.9. The van der Waals surface area contributed by atoms with Gasteiger partial charge < -0.3 is 35.2 Å². The normalized spacial score (nSPS) is 20.8. The van der Waals surface area contributed by atoms with Crippen molar-refractivity contribution in [2.45, 2.75) is 269 Å². The fraction of sp³-hybridized carbons (Fsp3) is 0.936. The summed E-state index contributed by atoms with van der Waals surface area (Å²) in [6.45, 7) is 3.45. The van der Waals surface area contributed by atoms with Crippen LogP contribution in [0.25, 0.3) is 0 Å². The van der Waals surface area contributed by atoms with Gasteiger partial charge in [0.2, 0.25) is 5.91 Å². The maximum atomic E-state index is 13.1. The topological polar surface area (TPSA) is 192 Å². The first-order valence-corrected chi connectivity index (χ1v) is 25.9. The molecule has 0 aromatic heterocycles. The molecule has 7 unspecified atom stereocenters. The predicted octanol–water partition coefficient (Wildman–Crippen LogP) is 9.95. The van der Waals surface area contributed by atoms with Gasteiger partial charge in [0, 0.05) is 6.42 Å². The minimum atomic E-state index is -5.07. The number of amides is 1. The summed E-state index contributed by atoms with van der Waals surface area (Å²) >= 11 is 0. The Bertz CT molecular complexity index is 1130. The van der Waals surface area contributed by atoms with E-state index in [4.69, 9.17) is 9.47 Å². The highest BCUT2D eigenvalue weighted by molar-refractivity contribution is 7.80. The third-order valence-corrected chi connectivity index (χ3v) is 12.3. The van der Waals surface area contributed by atoms with E-state index in [2.05, 4.69) is 35.5 Å². The number of hydrogen-bond acceptors (Lipinski definition) is 10. The Labute approximate surface area is 366 Å². The molecule has 0 saturated carbocycles. The van der Waals surface area contributed by atoms with Crippen molar-refractivity contribution in [2.75, 3.05) is 13.2 Å². The van der Waals surface area contributed by atoms with Crippen LogP contribution in [-0.2, 0) is 28.9 Å². The molecule has 1 fully saturated rings. The monoisotopic (exact) mass is 878 g/mol. The van der Waals surface area contributed by atoms with Crippen molar-refractivity contribution in [3.63, 3.8) is 0 Å². The molecule has 356 valence electrons. The van der Waals surface area contributed by atoms with Gasteiger partial charge in [0.25, 0.3) is 0 Å². The highest BCUT2D eigenvalue weighted by atomic mass is 32.3. The summed E-state index contributed by atoms with van der Waals surface area (Å²) in [5, 5.41) is 44.9. The standard InChI is InChI=1S/C47H91NO11S/c1-3-5-7-9-11-13-15-17-18-19-20-21-22-23-25-27-29-31-33-35-37-43(51)48-40(41(50)36-34-32-30-28-26-24-16-14-12-10-8-6-4-2)39-57-47-45(53)46(59-60(54,55)56)44(52)42(38-49)58-47/h20-21,40-42,44-47,49-50,52-53H,3-19,22-39H2,1-2H3,(H,48,51)(H,54,55,56)/b21-20-. The van der Waals surface area contributed by atoms with Crippen LogP contribution in [0.15, 0.2) is 12.2 Å². The first kappa shape index (κ1) is 56.9. The van der Waals surface area contributed by atoms with Crippen molar-refractivity contribution in [3.05, 3.63) is 12.2 Å². The largest absolute Gasteiger partial charge is 0.397 e. The van der Waals surface area contributed by atoms with Gasteiger partial charge in [-0.05, 0) is 38.5 Å². The number of hydrogen-bond donors (Lipinski definition) is 6. The molecule has 1 saturated heterocycles. The lowest BCUT2D eigenvalue weighted by Gasteiger charge is -2.41. The number of rotatable bonds is 42. The number of nitrogens with one attached hydrogen (secondary N) is 1. The number of unbranched alkanes of at least 4 members (excludes halogenated alkanes) is 28. The Morgan fingerprint density at radius 2 is 1.07 bits per heavy atom. The van der Waals surface area contributed by atoms with Gasteiger partial charge in [-0.3, -0.25) is 9.35 Å². The smallest absolute Gasteiger partial charge is 0.394 e. The maximum absolute atomic E-state index is 13.1. The lowest BCUT2D eigenvalue weighted by Crippen LogP contribution is -2.61. The summed E-state index contributed by atoms with van der Waals surface area (Å²) < 4.78 is 47.7. The van der Waals surface area contributed by atoms with Gasteiger partial charge in [0.15, 0.2) is 6.29 Å². The summed E-state index contributed by atoms with van der Waals surface area (Å²) in [4.78, 5) is 13.1. The molecule has 12 nitrogen and oxygen atoms in total. The number of aliphatic hydroxyl groups excluding tert-OH is 4. The van der Waals surface area contributed by atoms with Crippen molar-refractivity contribution in [3.8, 4) is 0 Å². The Morgan fingerprint density at radius 3 is 1.50 bits per heavy atom. The number of carbonyl (C=O) groups excluding carboxylic acids is 1. The molecule has 0 aromatic carbocycles. The van der Waals surface area contributed by atoms with Crippen LogP contribution in [0.2, 0.25) is 0 Å². The van der Waals surface area contributed by atoms with E-state index in [1.54, 1.807) is 0 Å². The van der Waals surface area contributed by atoms with Crippen molar-refractivity contribution >= 4 is 16.3 Å². The minimum absolute atomic E-state index is 0.233. The van der Waals surface area contributed by atoms with E-state index in [-0.39, 0.29) is 18.9 Å². The number of carbonyl (C=O) groups is 1. The molecular formula is C47H91NO11S.